The van der Waals surface area contributed by atoms with Crippen LogP contribution in [0.3, 0.4) is 0 Å². The molecule has 0 bridgehead atoms. The third-order valence-corrected chi connectivity index (χ3v) is 3.96. The Balaban J connectivity index is 1.76. The van der Waals surface area contributed by atoms with Gasteiger partial charge in [0.05, 0.1) is 0 Å². The van der Waals surface area contributed by atoms with E-state index in [2.05, 4.69) is 0 Å². The molecule has 0 amide bonds. The minimum atomic E-state index is -0.187. The first-order valence-corrected chi connectivity index (χ1v) is 7.45. The van der Waals surface area contributed by atoms with Gasteiger partial charge in [-0.25, -0.2) is 0 Å². The molecule has 0 aliphatic carbocycles. The lowest BCUT2D eigenvalue weighted by atomic mass is 10.1. The summed E-state index contributed by atoms with van der Waals surface area (Å²) in [6.07, 6.45) is 0. The summed E-state index contributed by atoms with van der Waals surface area (Å²) in [4.78, 5) is 0. The molecule has 118 valence electrons. The molecule has 4 rings (SSSR count). The summed E-state index contributed by atoms with van der Waals surface area (Å²) >= 11 is 0. The van der Waals surface area contributed by atoms with E-state index in [4.69, 9.17) is 4.74 Å². The third-order valence-electron chi connectivity index (χ3n) is 3.96. The molecule has 0 atom stereocenters. The average molecular weight is 318 g/mol. The highest BCUT2D eigenvalue weighted by Crippen LogP contribution is 2.37. The fourth-order valence-electron chi connectivity index (χ4n) is 2.73. The molecule has 0 saturated carbocycles. The molecule has 0 aliphatic rings. The number of fused-ring (bicyclic) bond motifs is 2. The maximum absolute atomic E-state index is 10.2. The van der Waals surface area contributed by atoms with Crippen molar-refractivity contribution in [2.75, 3.05) is 0 Å². The molecule has 0 heterocycles. The van der Waals surface area contributed by atoms with E-state index in [-0.39, 0.29) is 17.2 Å². The van der Waals surface area contributed by atoms with Gasteiger partial charge in [0, 0.05) is 0 Å². The van der Waals surface area contributed by atoms with Crippen LogP contribution in [0.15, 0.2) is 66.7 Å². The van der Waals surface area contributed by atoms with Gasteiger partial charge in [0.25, 0.3) is 0 Å². The minimum Gasteiger partial charge on any atom is -0.504 e. The average Bonchev–Trinajstić information content (AvgIpc) is 2.57. The van der Waals surface area contributed by atoms with Crippen LogP contribution in [0.1, 0.15) is 0 Å². The Hall–Kier alpha value is -3.40. The highest BCUT2D eigenvalue weighted by atomic mass is 16.5. The number of benzene rings is 4. The molecule has 4 aromatic carbocycles. The largest absolute Gasteiger partial charge is 0.504 e. The number of hydrogen-bond donors (Lipinski definition) is 3. The van der Waals surface area contributed by atoms with E-state index in [1.54, 1.807) is 30.3 Å². The zero-order chi connectivity index (χ0) is 16.7. The van der Waals surface area contributed by atoms with Crippen LogP contribution in [0.2, 0.25) is 0 Å². The van der Waals surface area contributed by atoms with Crippen molar-refractivity contribution in [1.29, 1.82) is 0 Å². The zero-order valence-electron chi connectivity index (χ0n) is 12.6. The first-order chi connectivity index (χ1) is 11.6. The standard InChI is InChI=1S/C20H14O4/c21-17-8-14-5-6-16(7-15(14)10-18(17)22)24-20-11-13-4-2-1-3-12(13)9-19(20)23/h1-11,21-23H. The van der Waals surface area contributed by atoms with Crippen LogP contribution < -0.4 is 4.74 Å². The van der Waals surface area contributed by atoms with Crippen molar-refractivity contribution in [1.82, 2.24) is 0 Å². The minimum absolute atomic E-state index is 0.0577. The lowest BCUT2D eigenvalue weighted by Gasteiger charge is -2.10. The molecule has 3 N–H and O–H groups in total. The molecule has 4 aromatic rings. The van der Waals surface area contributed by atoms with E-state index in [9.17, 15) is 15.3 Å². The first kappa shape index (κ1) is 14.2. The molecular formula is C20H14O4. The lowest BCUT2D eigenvalue weighted by molar-refractivity contribution is 0.404. The van der Waals surface area contributed by atoms with E-state index in [1.165, 1.54) is 12.1 Å². The van der Waals surface area contributed by atoms with Crippen molar-refractivity contribution in [3.8, 4) is 28.7 Å². The Labute approximate surface area is 137 Å². The molecule has 24 heavy (non-hydrogen) atoms. The van der Waals surface area contributed by atoms with Crippen LogP contribution in [0.5, 0.6) is 28.7 Å². The normalized spacial score (nSPS) is 11.0. The summed E-state index contributed by atoms with van der Waals surface area (Å²) in [6.45, 7) is 0. The van der Waals surface area contributed by atoms with E-state index >= 15 is 0 Å². The first-order valence-electron chi connectivity index (χ1n) is 7.45. The predicted octanol–water partition coefficient (Wildman–Crippen LogP) is 4.90. The smallest absolute Gasteiger partial charge is 0.169 e. The van der Waals surface area contributed by atoms with Crippen molar-refractivity contribution in [3.05, 3.63) is 66.7 Å². The number of ether oxygens (including phenoxy) is 1. The molecule has 0 spiro atoms. The second kappa shape index (κ2) is 5.35. The Morgan fingerprint density at radius 2 is 1.12 bits per heavy atom. The summed E-state index contributed by atoms with van der Waals surface area (Å²) in [5.41, 5.74) is 0. The van der Waals surface area contributed by atoms with Crippen molar-refractivity contribution >= 4 is 21.5 Å². The van der Waals surface area contributed by atoms with Gasteiger partial charge in [-0.1, -0.05) is 30.3 Å². The highest BCUT2D eigenvalue weighted by molar-refractivity contribution is 5.88. The maximum atomic E-state index is 10.2. The molecule has 0 aliphatic heterocycles. The molecule has 4 nitrogen and oxygen atoms in total. The van der Waals surface area contributed by atoms with Gasteiger partial charge in [0.1, 0.15) is 5.75 Å². The monoisotopic (exact) mass is 318 g/mol. The van der Waals surface area contributed by atoms with Gasteiger partial charge in [0.15, 0.2) is 23.0 Å². The van der Waals surface area contributed by atoms with Crippen LogP contribution in [0, 0.1) is 0 Å². The number of aromatic hydroxyl groups is 3. The van der Waals surface area contributed by atoms with Crippen molar-refractivity contribution < 1.29 is 20.1 Å². The SMILES string of the molecule is Oc1cc2ccc(Oc3cc4ccccc4cc3O)cc2cc1O. The van der Waals surface area contributed by atoms with Crippen LogP contribution in [-0.2, 0) is 0 Å². The molecular weight excluding hydrogens is 304 g/mol. The Bertz CT molecular complexity index is 1070. The fraction of sp³-hybridized carbons (Fsp3) is 0. The topological polar surface area (TPSA) is 69.9 Å². The lowest BCUT2D eigenvalue weighted by Crippen LogP contribution is -1.86. The number of phenols is 3. The van der Waals surface area contributed by atoms with Gasteiger partial charge in [-0.3, -0.25) is 0 Å². The van der Waals surface area contributed by atoms with Crippen LogP contribution in [0.25, 0.3) is 21.5 Å². The predicted molar refractivity (Wildman–Crippen MR) is 93.0 cm³/mol. The third kappa shape index (κ3) is 2.44. The van der Waals surface area contributed by atoms with Gasteiger partial charge >= 0.3 is 0 Å². The summed E-state index contributed by atoms with van der Waals surface area (Å²) in [5, 5.41) is 32.7. The molecule has 0 aromatic heterocycles. The second-order valence-electron chi connectivity index (χ2n) is 5.62. The number of rotatable bonds is 2. The van der Waals surface area contributed by atoms with Gasteiger partial charge in [-0.15, -0.1) is 0 Å². The van der Waals surface area contributed by atoms with E-state index < -0.39 is 0 Å². The number of phenolic OH excluding ortho intramolecular Hbond substituents is 3. The van der Waals surface area contributed by atoms with Crippen LogP contribution >= 0.6 is 0 Å². The molecule has 4 heteroatoms. The summed E-state index contributed by atoms with van der Waals surface area (Å²) < 4.78 is 5.80. The summed E-state index contributed by atoms with van der Waals surface area (Å²) in [6, 6.07) is 19.4. The van der Waals surface area contributed by atoms with Crippen molar-refractivity contribution in [3.63, 3.8) is 0 Å². The van der Waals surface area contributed by atoms with Gasteiger partial charge < -0.3 is 20.1 Å². The highest BCUT2D eigenvalue weighted by Gasteiger charge is 2.08. The van der Waals surface area contributed by atoms with Gasteiger partial charge in [-0.05, 0) is 57.9 Å². The summed E-state index contributed by atoms with van der Waals surface area (Å²) in [7, 11) is 0. The zero-order valence-corrected chi connectivity index (χ0v) is 12.6. The maximum Gasteiger partial charge on any atom is 0.169 e. The second-order valence-corrected chi connectivity index (χ2v) is 5.62. The Morgan fingerprint density at radius 1 is 0.542 bits per heavy atom. The Kier molecular flexibility index (Phi) is 3.17. The molecule has 0 saturated heterocycles. The van der Waals surface area contributed by atoms with E-state index in [0.717, 1.165) is 21.5 Å². The number of hydrogen-bond acceptors (Lipinski definition) is 4. The van der Waals surface area contributed by atoms with Gasteiger partial charge in [-0.2, -0.15) is 0 Å². The Morgan fingerprint density at radius 3 is 1.88 bits per heavy atom. The van der Waals surface area contributed by atoms with E-state index in [0.29, 0.717) is 11.5 Å². The molecule has 0 fully saturated rings. The molecule has 0 radical (unpaired) electrons. The van der Waals surface area contributed by atoms with Crippen molar-refractivity contribution in [2.45, 2.75) is 0 Å². The quantitative estimate of drug-likeness (QED) is 0.460. The van der Waals surface area contributed by atoms with Crippen LogP contribution in [0.4, 0.5) is 0 Å². The molecule has 0 unspecified atom stereocenters. The van der Waals surface area contributed by atoms with E-state index in [1.807, 2.05) is 24.3 Å². The van der Waals surface area contributed by atoms with Crippen LogP contribution in [-0.4, -0.2) is 15.3 Å². The summed E-state index contributed by atoms with van der Waals surface area (Å²) in [5.74, 6) is 0.591. The van der Waals surface area contributed by atoms with Crippen molar-refractivity contribution in [2.24, 2.45) is 0 Å². The van der Waals surface area contributed by atoms with Gasteiger partial charge in [0.2, 0.25) is 0 Å². The fourth-order valence-corrected chi connectivity index (χ4v) is 2.73.